The fraction of sp³-hybridized carbons (Fsp3) is 0.263. The van der Waals surface area contributed by atoms with Gasteiger partial charge in [0.2, 0.25) is 0 Å². The van der Waals surface area contributed by atoms with Crippen LogP contribution >= 0.6 is 11.6 Å². The summed E-state index contributed by atoms with van der Waals surface area (Å²) in [5, 5.41) is 2.36. The molecule has 0 aliphatic rings. The minimum Gasteiger partial charge on any atom is -0.497 e. The number of carbonyl (C=O) groups excluding carboxylic acids is 2. The monoisotopic (exact) mass is 395 g/mol. The molecular weight excluding hydrogens is 377 g/mol. The molecule has 144 valence electrons. The molecule has 0 saturated heterocycles. The Morgan fingerprint density at radius 3 is 2.33 bits per heavy atom. The van der Waals surface area contributed by atoms with Crippen LogP contribution in [0.2, 0.25) is 5.02 Å². The number of rotatable bonds is 8. The van der Waals surface area contributed by atoms with E-state index >= 15 is 0 Å². The minimum atomic E-state index is -0.588. The SMILES string of the molecule is COc1cc(CCC(=O)OCC(=O)Nc2ccc(F)c(Cl)c2)cc(OC)c1. The molecule has 0 spiro atoms. The molecule has 0 atom stereocenters. The molecule has 0 aliphatic carbocycles. The summed E-state index contributed by atoms with van der Waals surface area (Å²) in [4.78, 5) is 23.6. The first-order valence-electron chi connectivity index (χ1n) is 8.03. The molecule has 2 aromatic rings. The van der Waals surface area contributed by atoms with Gasteiger partial charge in [-0.1, -0.05) is 11.6 Å². The Labute approximate surface area is 161 Å². The highest BCUT2D eigenvalue weighted by Gasteiger charge is 2.10. The van der Waals surface area contributed by atoms with Crippen LogP contribution in [0.5, 0.6) is 11.5 Å². The van der Waals surface area contributed by atoms with Crippen molar-refractivity contribution < 1.29 is 28.2 Å². The van der Waals surface area contributed by atoms with E-state index in [4.69, 9.17) is 25.8 Å². The predicted molar refractivity (Wildman–Crippen MR) is 98.9 cm³/mol. The van der Waals surface area contributed by atoms with Crippen molar-refractivity contribution in [2.24, 2.45) is 0 Å². The van der Waals surface area contributed by atoms with Crippen LogP contribution in [-0.4, -0.2) is 32.7 Å². The van der Waals surface area contributed by atoms with E-state index in [-0.39, 0.29) is 11.4 Å². The Balaban J connectivity index is 1.80. The summed E-state index contributed by atoms with van der Waals surface area (Å²) in [5.41, 5.74) is 1.15. The standard InChI is InChI=1S/C19H19ClFNO5/c1-25-14-7-12(8-15(10-14)26-2)3-6-19(24)27-11-18(23)22-13-4-5-17(21)16(20)9-13/h4-5,7-10H,3,6,11H2,1-2H3,(H,22,23). The van der Waals surface area contributed by atoms with Crippen LogP contribution in [0.1, 0.15) is 12.0 Å². The molecule has 0 radical (unpaired) electrons. The fourth-order valence-electron chi connectivity index (χ4n) is 2.25. The average Bonchev–Trinajstić information content (AvgIpc) is 2.67. The van der Waals surface area contributed by atoms with E-state index in [0.29, 0.717) is 23.6 Å². The second kappa shape index (κ2) is 9.78. The number of aryl methyl sites for hydroxylation is 1. The van der Waals surface area contributed by atoms with Gasteiger partial charge in [-0.25, -0.2) is 4.39 Å². The third-order valence-corrected chi connectivity index (χ3v) is 3.89. The maximum Gasteiger partial charge on any atom is 0.306 e. The molecule has 1 N–H and O–H groups in total. The van der Waals surface area contributed by atoms with Crippen molar-refractivity contribution in [3.05, 3.63) is 52.8 Å². The highest BCUT2D eigenvalue weighted by molar-refractivity contribution is 6.31. The van der Waals surface area contributed by atoms with Crippen LogP contribution in [-0.2, 0) is 20.7 Å². The number of carbonyl (C=O) groups is 2. The molecular formula is C19H19ClFNO5. The van der Waals surface area contributed by atoms with E-state index in [1.54, 1.807) is 32.4 Å². The van der Waals surface area contributed by atoms with Gasteiger partial charge in [0.1, 0.15) is 17.3 Å². The summed E-state index contributed by atoms with van der Waals surface area (Å²) >= 11 is 5.64. The first-order chi connectivity index (χ1) is 12.9. The molecule has 6 nitrogen and oxygen atoms in total. The number of hydrogen-bond acceptors (Lipinski definition) is 5. The zero-order valence-corrected chi connectivity index (χ0v) is 15.6. The number of anilines is 1. The largest absolute Gasteiger partial charge is 0.497 e. The van der Waals surface area contributed by atoms with Crippen molar-refractivity contribution in [1.82, 2.24) is 0 Å². The van der Waals surface area contributed by atoms with E-state index < -0.39 is 24.3 Å². The summed E-state index contributed by atoms with van der Waals surface area (Å²) in [5.74, 6) is -0.418. The van der Waals surface area contributed by atoms with Gasteiger partial charge in [0.25, 0.3) is 5.91 Å². The number of amides is 1. The number of benzene rings is 2. The van der Waals surface area contributed by atoms with E-state index in [9.17, 15) is 14.0 Å². The van der Waals surface area contributed by atoms with Gasteiger partial charge in [-0.05, 0) is 42.3 Å². The number of halogens is 2. The van der Waals surface area contributed by atoms with Crippen molar-refractivity contribution >= 4 is 29.2 Å². The van der Waals surface area contributed by atoms with Crippen LogP contribution in [0.25, 0.3) is 0 Å². The molecule has 0 fully saturated rings. The number of ether oxygens (including phenoxy) is 3. The van der Waals surface area contributed by atoms with Gasteiger partial charge < -0.3 is 19.5 Å². The van der Waals surface area contributed by atoms with Crippen LogP contribution in [0.15, 0.2) is 36.4 Å². The summed E-state index contributed by atoms with van der Waals surface area (Å²) in [6.45, 7) is -0.449. The lowest BCUT2D eigenvalue weighted by Gasteiger charge is -2.09. The van der Waals surface area contributed by atoms with Crippen molar-refractivity contribution in [3.8, 4) is 11.5 Å². The molecule has 0 bridgehead atoms. The highest BCUT2D eigenvalue weighted by Crippen LogP contribution is 2.23. The second-order valence-corrected chi connectivity index (χ2v) is 5.97. The van der Waals surface area contributed by atoms with Crippen LogP contribution in [0, 0.1) is 5.82 Å². The predicted octanol–water partition coefficient (Wildman–Crippen LogP) is 3.61. The van der Waals surface area contributed by atoms with Crippen LogP contribution in [0.3, 0.4) is 0 Å². The lowest BCUT2D eigenvalue weighted by molar-refractivity contribution is -0.147. The highest BCUT2D eigenvalue weighted by atomic mass is 35.5. The number of hydrogen-bond donors (Lipinski definition) is 1. The number of methoxy groups -OCH3 is 2. The summed E-state index contributed by atoms with van der Waals surface area (Å²) < 4.78 is 28.4. The van der Waals surface area contributed by atoms with Gasteiger partial charge in [-0.3, -0.25) is 9.59 Å². The van der Waals surface area contributed by atoms with Gasteiger partial charge in [0.05, 0.1) is 19.2 Å². The van der Waals surface area contributed by atoms with Crippen molar-refractivity contribution in [3.63, 3.8) is 0 Å². The first kappa shape index (κ1) is 20.5. The maximum atomic E-state index is 13.1. The Hall–Kier alpha value is -2.80. The molecule has 0 saturated carbocycles. The van der Waals surface area contributed by atoms with Gasteiger partial charge >= 0.3 is 5.97 Å². The molecule has 2 aromatic carbocycles. The third kappa shape index (κ3) is 6.45. The Morgan fingerprint density at radius 2 is 1.74 bits per heavy atom. The summed E-state index contributed by atoms with van der Waals surface area (Å²) in [6.07, 6.45) is 0.494. The van der Waals surface area contributed by atoms with E-state index in [2.05, 4.69) is 5.32 Å². The smallest absolute Gasteiger partial charge is 0.306 e. The molecule has 1 amide bonds. The van der Waals surface area contributed by atoms with Crippen LogP contribution in [0.4, 0.5) is 10.1 Å². The lowest BCUT2D eigenvalue weighted by Crippen LogP contribution is -2.21. The molecule has 8 heteroatoms. The third-order valence-electron chi connectivity index (χ3n) is 3.60. The summed E-state index contributed by atoms with van der Waals surface area (Å²) in [7, 11) is 3.08. The molecule has 0 unspecified atom stereocenters. The van der Waals surface area contributed by atoms with E-state index in [1.807, 2.05) is 0 Å². The minimum absolute atomic E-state index is 0.0893. The second-order valence-electron chi connectivity index (χ2n) is 5.56. The zero-order valence-electron chi connectivity index (χ0n) is 14.9. The van der Waals surface area contributed by atoms with Gasteiger partial charge in [0.15, 0.2) is 6.61 Å². The Kier molecular flexibility index (Phi) is 7.43. The van der Waals surface area contributed by atoms with E-state index in [0.717, 1.165) is 11.6 Å². The van der Waals surface area contributed by atoms with Crippen molar-refractivity contribution in [2.45, 2.75) is 12.8 Å². The van der Waals surface area contributed by atoms with Gasteiger partial charge in [-0.2, -0.15) is 0 Å². The summed E-state index contributed by atoms with van der Waals surface area (Å²) in [6, 6.07) is 9.08. The topological polar surface area (TPSA) is 73.9 Å². The fourth-order valence-corrected chi connectivity index (χ4v) is 2.43. The molecule has 0 aliphatic heterocycles. The first-order valence-corrected chi connectivity index (χ1v) is 8.41. The maximum absolute atomic E-state index is 13.1. The van der Waals surface area contributed by atoms with Crippen molar-refractivity contribution in [2.75, 3.05) is 26.1 Å². The van der Waals surface area contributed by atoms with Crippen molar-refractivity contribution in [1.29, 1.82) is 0 Å². The Morgan fingerprint density at radius 1 is 1.07 bits per heavy atom. The molecule has 0 heterocycles. The number of esters is 1. The molecule has 2 rings (SSSR count). The normalized spacial score (nSPS) is 10.2. The lowest BCUT2D eigenvalue weighted by atomic mass is 10.1. The van der Waals surface area contributed by atoms with E-state index in [1.165, 1.54) is 12.1 Å². The Bertz CT molecular complexity index is 805. The molecule has 0 aromatic heterocycles. The zero-order chi connectivity index (χ0) is 19.8. The van der Waals surface area contributed by atoms with Gasteiger partial charge in [-0.15, -0.1) is 0 Å². The number of nitrogens with one attached hydrogen (secondary N) is 1. The van der Waals surface area contributed by atoms with Gasteiger partial charge in [0, 0.05) is 18.2 Å². The molecule has 27 heavy (non-hydrogen) atoms. The quantitative estimate of drug-likeness (QED) is 0.691. The van der Waals surface area contributed by atoms with Crippen LogP contribution < -0.4 is 14.8 Å². The average molecular weight is 396 g/mol.